The monoisotopic (exact) mass is 275 g/mol. The van der Waals surface area contributed by atoms with Crippen LogP contribution in [0.25, 0.3) is 0 Å². The van der Waals surface area contributed by atoms with Gasteiger partial charge in [-0.3, -0.25) is 0 Å². The molecule has 0 saturated heterocycles. The Morgan fingerprint density at radius 2 is 1.95 bits per heavy atom. The van der Waals surface area contributed by atoms with Gasteiger partial charge in [-0.05, 0) is 30.7 Å². The number of hydrogen-bond acceptors (Lipinski definition) is 3. The molecule has 0 aliphatic carbocycles. The Hall–Kier alpha value is -1.74. The molecule has 0 spiro atoms. The largest absolute Gasteiger partial charge is 0.375 e. The normalized spacial score (nSPS) is 10.2. The number of nitrogens with one attached hydrogen (secondary N) is 1. The topological polar surface area (TPSA) is 28.2 Å². The minimum atomic E-state index is 0.666. The standard InChI is InChI=1S/C15H18ClN3/c1-19(13-7-3-2-4-8-13)12-6-11-18-15-14(16)9-5-10-17-15/h2-5,7-10H,6,11-12H2,1H3,(H,17,18). The van der Waals surface area contributed by atoms with Crippen molar-refractivity contribution in [3.05, 3.63) is 53.7 Å². The second kappa shape index (κ2) is 7.00. The highest BCUT2D eigenvalue weighted by Gasteiger charge is 2.01. The maximum absolute atomic E-state index is 6.03. The van der Waals surface area contributed by atoms with Gasteiger partial charge in [0.2, 0.25) is 0 Å². The molecule has 0 bridgehead atoms. The molecule has 0 unspecified atom stereocenters. The van der Waals surface area contributed by atoms with Crippen LogP contribution < -0.4 is 10.2 Å². The molecule has 0 aliphatic rings. The van der Waals surface area contributed by atoms with Crippen molar-refractivity contribution in [1.29, 1.82) is 0 Å². The minimum absolute atomic E-state index is 0.666. The minimum Gasteiger partial charge on any atom is -0.375 e. The van der Waals surface area contributed by atoms with Crippen LogP contribution in [-0.4, -0.2) is 25.1 Å². The second-order valence-electron chi connectivity index (χ2n) is 4.37. The average Bonchev–Trinajstić information content (AvgIpc) is 2.46. The molecule has 2 rings (SSSR count). The molecule has 4 heteroatoms. The zero-order valence-corrected chi connectivity index (χ0v) is 11.8. The van der Waals surface area contributed by atoms with Crippen molar-refractivity contribution in [3.63, 3.8) is 0 Å². The van der Waals surface area contributed by atoms with Gasteiger partial charge in [0, 0.05) is 32.0 Å². The molecule has 1 heterocycles. The quantitative estimate of drug-likeness (QED) is 0.815. The molecule has 100 valence electrons. The molecule has 19 heavy (non-hydrogen) atoms. The summed E-state index contributed by atoms with van der Waals surface area (Å²) < 4.78 is 0. The summed E-state index contributed by atoms with van der Waals surface area (Å²) >= 11 is 6.03. The number of pyridine rings is 1. The van der Waals surface area contributed by atoms with Gasteiger partial charge in [0.25, 0.3) is 0 Å². The van der Waals surface area contributed by atoms with Crippen LogP contribution in [-0.2, 0) is 0 Å². The number of hydrogen-bond donors (Lipinski definition) is 1. The van der Waals surface area contributed by atoms with Crippen molar-refractivity contribution < 1.29 is 0 Å². The number of rotatable bonds is 6. The number of nitrogens with zero attached hydrogens (tertiary/aromatic N) is 2. The van der Waals surface area contributed by atoms with Crippen LogP contribution in [0.1, 0.15) is 6.42 Å². The Morgan fingerprint density at radius 3 is 2.68 bits per heavy atom. The van der Waals surface area contributed by atoms with E-state index in [2.05, 4.69) is 46.5 Å². The van der Waals surface area contributed by atoms with E-state index in [1.807, 2.05) is 18.2 Å². The summed E-state index contributed by atoms with van der Waals surface area (Å²) in [6.45, 7) is 1.84. The molecule has 0 saturated carbocycles. The molecule has 0 amide bonds. The average molecular weight is 276 g/mol. The zero-order chi connectivity index (χ0) is 13.5. The summed E-state index contributed by atoms with van der Waals surface area (Å²) in [5.74, 6) is 0.756. The fourth-order valence-electron chi connectivity index (χ4n) is 1.85. The second-order valence-corrected chi connectivity index (χ2v) is 4.78. The Kier molecular flexibility index (Phi) is 5.04. The van der Waals surface area contributed by atoms with Crippen LogP contribution in [0.15, 0.2) is 48.7 Å². The Morgan fingerprint density at radius 1 is 1.16 bits per heavy atom. The van der Waals surface area contributed by atoms with E-state index in [1.54, 1.807) is 6.20 Å². The van der Waals surface area contributed by atoms with E-state index < -0.39 is 0 Å². The van der Waals surface area contributed by atoms with Gasteiger partial charge >= 0.3 is 0 Å². The van der Waals surface area contributed by atoms with Crippen molar-refractivity contribution in [3.8, 4) is 0 Å². The summed E-state index contributed by atoms with van der Waals surface area (Å²) in [7, 11) is 2.10. The molecule has 0 fully saturated rings. The lowest BCUT2D eigenvalue weighted by Crippen LogP contribution is -2.20. The lowest BCUT2D eigenvalue weighted by Gasteiger charge is -2.19. The van der Waals surface area contributed by atoms with Gasteiger partial charge in [-0.15, -0.1) is 0 Å². The predicted molar refractivity (Wildman–Crippen MR) is 82.1 cm³/mol. The van der Waals surface area contributed by atoms with Gasteiger partial charge in [0.1, 0.15) is 5.82 Å². The van der Waals surface area contributed by atoms with Crippen LogP contribution >= 0.6 is 11.6 Å². The maximum Gasteiger partial charge on any atom is 0.144 e. The molecule has 0 atom stereocenters. The molecular weight excluding hydrogens is 258 g/mol. The van der Waals surface area contributed by atoms with E-state index in [-0.39, 0.29) is 0 Å². The summed E-state index contributed by atoms with van der Waals surface area (Å²) in [4.78, 5) is 6.43. The Labute approximate surface area is 119 Å². The van der Waals surface area contributed by atoms with E-state index in [9.17, 15) is 0 Å². The van der Waals surface area contributed by atoms with Crippen LogP contribution in [0.4, 0.5) is 11.5 Å². The zero-order valence-electron chi connectivity index (χ0n) is 11.0. The van der Waals surface area contributed by atoms with Gasteiger partial charge in [-0.2, -0.15) is 0 Å². The number of para-hydroxylation sites is 1. The smallest absolute Gasteiger partial charge is 0.144 e. The number of aromatic nitrogens is 1. The van der Waals surface area contributed by atoms with Crippen molar-refractivity contribution in [2.24, 2.45) is 0 Å². The first kappa shape index (κ1) is 13.7. The predicted octanol–water partition coefficient (Wildman–Crippen LogP) is 3.67. The van der Waals surface area contributed by atoms with Crippen molar-refractivity contribution in [1.82, 2.24) is 4.98 Å². The molecule has 0 aliphatic heterocycles. The molecular formula is C15H18ClN3. The highest BCUT2D eigenvalue weighted by Crippen LogP contribution is 2.17. The Bertz CT molecular complexity index is 502. The SMILES string of the molecule is CN(CCCNc1ncccc1Cl)c1ccccc1. The van der Waals surface area contributed by atoms with Gasteiger partial charge in [0.15, 0.2) is 0 Å². The van der Waals surface area contributed by atoms with E-state index in [0.717, 1.165) is 25.3 Å². The van der Waals surface area contributed by atoms with Gasteiger partial charge in [-0.1, -0.05) is 29.8 Å². The van der Waals surface area contributed by atoms with Gasteiger partial charge in [-0.25, -0.2) is 4.98 Å². The van der Waals surface area contributed by atoms with Crippen LogP contribution in [0, 0.1) is 0 Å². The molecule has 1 N–H and O–H groups in total. The van der Waals surface area contributed by atoms with Gasteiger partial charge < -0.3 is 10.2 Å². The van der Waals surface area contributed by atoms with Gasteiger partial charge in [0.05, 0.1) is 5.02 Å². The maximum atomic E-state index is 6.03. The molecule has 2 aromatic rings. The fraction of sp³-hybridized carbons (Fsp3) is 0.267. The summed E-state index contributed by atoms with van der Waals surface area (Å²) in [6, 6.07) is 14.0. The molecule has 3 nitrogen and oxygen atoms in total. The van der Waals surface area contributed by atoms with Crippen LogP contribution in [0.5, 0.6) is 0 Å². The first-order valence-corrected chi connectivity index (χ1v) is 6.76. The Balaban J connectivity index is 1.74. The van der Waals surface area contributed by atoms with E-state index >= 15 is 0 Å². The van der Waals surface area contributed by atoms with Crippen LogP contribution in [0.3, 0.4) is 0 Å². The lowest BCUT2D eigenvalue weighted by atomic mass is 10.3. The highest BCUT2D eigenvalue weighted by atomic mass is 35.5. The first-order valence-electron chi connectivity index (χ1n) is 6.38. The third kappa shape index (κ3) is 4.14. The van der Waals surface area contributed by atoms with Crippen molar-refractivity contribution in [2.75, 3.05) is 30.4 Å². The molecule has 1 aromatic heterocycles. The highest BCUT2D eigenvalue weighted by molar-refractivity contribution is 6.32. The van der Waals surface area contributed by atoms with Crippen molar-refractivity contribution >= 4 is 23.1 Å². The summed E-state index contributed by atoms with van der Waals surface area (Å²) in [5.41, 5.74) is 1.23. The van der Waals surface area contributed by atoms with E-state index in [4.69, 9.17) is 11.6 Å². The molecule has 1 aromatic carbocycles. The third-order valence-corrected chi connectivity index (χ3v) is 3.22. The number of benzene rings is 1. The number of anilines is 2. The molecule has 0 radical (unpaired) electrons. The van der Waals surface area contributed by atoms with Crippen LogP contribution in [0.2, 0.25) is 5.02 Å². The van der Waals surface area contributed by atoms with Crippen molar-refractivity contribution in [2.45, 2.75) is 6.42 Å². The number of halogens is 1. The van der Waals surface area contributed by atoms with E-state index in [1.165, 1.54) is 5.69 Å². The summed E-state index contributed by atoms with van der Waals surface area (Å²) in [5, 5.41) is 3.92. The lowest BCUT2D eigenvalue weighted by molar-refractivity contribution is 0.814. The summed E-state index contributed by atoms with van der Waals surface area (Å²) in [6.07, 6.45) is 2.77. The fourth-order valence-corrected chi connectivity index (χ4v) is 2.04. The third-order valence-electron chi connectivity index (χ3n) is 2.92. The first-order chi connectivity index (χ1) is 9.27. The van der Waals surface area contributed by atoms with E-state index in [0.29, 0.717) is 5.02 Å².